The van der Waals surface area contributed by atoms with Gasteiger partial charge in [-0.1, -0.05) is 6.07 Å². The molecular formula is C12H13FN2O. The number of nitrogens with two attached hydrogens (primary N) is 1. The summed E-state index contributed by atoms with van der Waals surface area (Å²) in [6.45, 7) is 1.84. The SMILES string of the molecule is Cc1cc(F)cc(C(NN)c2ccoc2)c1. The van der Waals surface area contributed by atoms with Crippen molar-refractivity contribution in [3.05, 3.63) is 59.3 Å². The molecule has 0 bridgehead atoms. The molecule has 84 valence electrons. The molecule has 1 unspecified atom stereocenters. The Morgan fingerprint density at radius 3 is 2.69 bits per heavy atom. The van der Waals surface area contributed by atoms with Gasteiger partial charge in [-0.2, -0.15) is 0 Å². The summed E-state index contributed by atoms with van der Waals surface area (Å²) in [5.41, 5.74) is 5.16. The van der Waals surface area contributed by atoms with Gasteiger partial charge >= 0.3 is 0 Å². The van der Waals surface area contributed by atoms with Crippen LogP contribution in [0.25, 0.3) is 0 Å². The highest BCUT2D eigenvalue weighted by molar-refractivity contribution is 5.32. The van der Waals surface area contributed by atoms with E-state index < -0.39 is 0 Å². The number of hydrogen-bond acceptors (Lipinski definition) is 3. The zero-order valence-corrected chi connectivity index (χ0v) is 8.91. The van der Waals surface area contributed by atoms with E-state index in [2.05, 4.69) is 5.43 Å². The molecule has 0 fully saturated rings. The van der Waals surface area contributed by atoms with E-state index in [4.69, 9.17) is 10.3 Å². The van der Waals surface area contributed by atoms with Crippen molar-refractivity contribution in [2.45, 2.75) is 13.0 Å². The Labute approximate surface area is 93.0 Å². The number of rotatable bonds is 3. The number of benzene rings is 1. The minimum Gasteiger partial charge on any atom is -0.472 e. The second kappa shape index (κ2) is 4.47. The zero-order valence-electron chi connectivity index (χ0n) is 8.91. The van der Waals surface area contributed by atoms with Crippen LogP contribution in [-0.2, 0) is 0 Å². The molecule has 3 N–H and O–H groups in total. The Morgan fingerprint density at radius 2 is 2.12 bits per heavy atom. The highest BCUT2D eigenvalue weighted by Crippen LogP contribution is 2.23. The van der Waals surface area contributed by atoms with Crippen LogP contribution in [0.2, 0.25) is 0 Å². The van der Waals surface area contributed by atoms with Crippen molar-refractivity contribution >= 4 is 0 Å². The first-order valence-corrected chi connectivity index (χ1v) is 4.96. The molecular weight excluding hydrogens is 207 g/mol. The summed E-state index contributed by atoms with van der Waals surface area (Å²) in [5, 5.41) is 0. The molecule has 3 nitrogen and oxygen atoms in total. The Hall–Kier alpha value is -1.65. The summed E-state index contributed by atoms with van der Waals surface area (Å²) in [6.07, 6.45) is 3.15. The van der Waals surface area contributed by atoms with Crippen LogP contribution in [0.5, 0.6) is 0 Å². The Balaban J connectivity index is 2.41. The maximum atomic E-state index is 13.3. The maximum Gasteiger partial charge on any atom is 0.123 e. The van der Waals surface area contributed by atoms with Crippen molar-refractivity contribution in [3.63, 3.8) is 0 Å². The molecule has 0 aliphatic heterocycles. The highest BCUT2D eigenvalue weighted by Gasteiger charge is 2.14. The molecule has 0 saturated carbocycles. The van der Waals surface area contributed by atoms with Crippen LogP contribution in [0, 0.1) is 12.7 Å². The first-order chi connectivity index (χ1) is 7.70. The lowest BCUT2D eigenvalue weighted by molar-refractivity contribution is 0.551. The second-order valence-corrected chi connectivity index (χ2v) is 3.72. The largest absolute Gasteiger partial charge is 0.472 e. The standard InChI is InChI=1S/C12H13FN2O/c1-8-4-10(6-11(13)5-8)12(15-14)9-2-3-16-7-9/h2-7,12,15H,14H2,1H3. The molecule has 1 heterocycles. The van der Waals surface area contributed by atoms with Crippen LogP contribution in [0.1, 0.15) is 22.7 Å². The van der Waals surface area contributed by atoms with E-state index >= 15 is 0 Å². The third kappa shape index (κ3) is 2.13. The molecule has 0 radical (unpaired) electrons. The monoisotopic (exact) mass is 220 g/mol. The summed E-state index contributed by atoms with van der Waals surface area (Å²) >= 11 is 0. The topological polar surface area (TPSA) is 51.2 Å². The van der Waals surface area contributed by atoms with Crippen molar-refractivity contribution in [2.24, 2.45) is 5.84 Å². The third-order valence-electron chi connectivity index (χ3n) is 2.44. The van der Waals surface area contributed by atoms with Gasteiger partial charge in [0.1, 0.15) is 5.82 Å². The molecule has 1 aromatic heterocycles. The first-order valence-electron chi connectivity index (χ1n) is 4.96. The van der Waals surface area contributed by atoms with E-state index in [1.54, 1.807) is 18.6 Å². The minimum atomic E-state index is -0.265. The fourth-order valence-corrected chi connectivity index (χ4v) is 1.76. The number of aryl methyl sites for hydroxylation is 1. The summed E-state index contributed by atoms with van der Waals surface area (Å²) in [5.74, 6) is 5.22. The molecule has 0 aliphatic carbocycles. The molecule has 16 heavy (non-hydrogen) atoms. The van der Waals surface area contributed by atoms with Crippen LogP contribution < -0.4 is 11.3 Å². The molecule has 0 aliphatic rings. The zero-order chi connectivity index (χ0) is 11.5. The van der Waals surface area contributed by atoms with Crippen molar-refractivity contribution in [2.75, 3.05) is 0 Å². The molecule has 1 aromatic carbocycles. The average molecular weight is 220 g/mol. The fourth-order valence-electron chi connectivity index (χ4n) is 1.76. The van der Waals surface area contributed by atoms with E-state index in [1.165, 1.54) is 12.1 Å². The Kier molecular flexibility index (Phi) is 3.03. The third-order valence-corrected chi connectivity index (χ3v) is 2.44. The highest BCUT2D eigenvalue weighted by atomic mass is 19.1. The first kappa shape index (κ1) is 10.9. The van der Waals surface area contributed by atoms with Gasteiger partial charge in [-0.3, -0.25) is 5.84 Å². The average Bonchev–Trinajstić information content (AvgIpc) is 2.70. The van der Waals surface area contributed by atoms with E-state index in [1.807, 2.05) is 13.0 Å². The van der Waals surface area contributed by atoms with E-state index in [9.17, 15) is 4.39 Å². The van der Waals surface area contributed by atoms with Gasteiger partial charge < -0.3 is 4.42 Å². The van der Waals surface area contributed by atoms with Crippen LogP contribution in [-0.4, -0.2) is 0 Å². The second-order valence-electron chi connectivity index (χ2n) is 3.72. The summed E-state index contributed by atoms with van der Waals surface area (Å²) in [6, 6.07) is 6.37. The molecule has 4 heteroatoms. The van der Waals surface area contributed by atoms with Crippen LogP contribution >= 0.6 is 0 Å². The fraction of sp³-hybridized carbons (Fsp3) is 0.167. The number of hydrazine groups is 1. The molecule has 0 amide bonds. The lowest BCUT2D eigenvalue weighted by Gasteiger charge is -2.15. The van der Waals surface area contributed by atoms with Gasteiger partial charge in [0.15, 0.2) is 0 Å². The van der Waals surface area contributed by atoms with Gasteiger partial charge in [-0.15, -0.1) is 0 Å². The summed E-state index contributed by atoms with van der Waals surface area (Å²) < 4.78 is 18.3. The number of nitrogens with one attached hydrogen (secondary N) is 1. The normalized spacial score (nSPS) is 12.7. The quantitative estimate of drug-likeness (QED) is 0.616. The Morgan fingerprint density at radius 1 is 1.31 bits per heavy atom. The number of furan rings is 1. The van der Waals surface area contributed by atoms with Crippen LogP contribution in [0.3, 0.4) is 0 Å². The van der Waals surface area contributed by atoms with E-state index in [0.29, 0.717) is 0 Å². The summed E-state index contributed by atoms with van der Waals surface area (Å²) in [4.78, 5) is 0. The molecule has 0 spiro atoms. The van der Waals surface area contributed by atoms with E-state index in [0.717, 1.165) is 16.7 Å². The lowest BCUT2D eigenvalue weighted by atomic mass is 10.00. The smallest absolute Gasteiger partial charge is 0.123 e. The number of halogens is 1. The minimum absolute atomic E-state index is 0.256. The van der Waals surface area contributed by atoms with Crippen LogP contribution in [0.4, 0.5) is 4.39 Å². The van der Waals surface area contributed by atoms with Gasteiger partial charge in [0.05, 0.1) is 18.6 Å². The van der Waals surface area contributed by atoms with Crippen molar-refractivity contribution in [3.8, 4) is 0 Å². The van der Waals surface area contributed by atoms with Gasteiger partial charge in [-0.05, 0) is 36.2 Å². The van der Waals surface area contributed by atoms with Gasteiger partial charge in [0.25, 0.3) is 0 Å². The molecule has 0 saturated heterocycles. The van der Waals surface area contributed by atoms with Crippen LogP contribution in [0.15, 0.2) is 41.2 Å². The van der Waals surface area contributed by atoms with Crippen molar-refractivity contribution in [1.82, 2.24) is 5.43 Å². The van der Waals surface area contributed by atoms with Crippen molar-refractivity contribution in [1.29, 1.82) is 0 Å². The molecule has 2 rings (SSSR count). The predicted molar refractivity (Wildman–Crippen MR) is 59.0 cm³/mol. The predicted octanol–water partition coefficient (Wildman–Crippen LogP) is 2.28. The summed E-state index contributed by atoms with van der Waals surface area (Å²) in [7, 11) is 0. The van der Waals surface area contributed by atoms with Crippen molar-refractivity contribution < 1.29 is 8.81 Å². The molecule has 2 aromatic rings. The van der Waals surface area contributed by atoms with E-state index in [-0.39, 0.29) is 11.9 Å². The van der Waals surface area contributed by atoms with Gasteiger partial charge in [0, 0.05) is 5.56 Å². The van der Waals surface area contributed by atoms with Gasteiger partial charge in [-0.25, -0.2) is 9.82 Å². The lowest BCUT2D eigenvalue weighted by Crippen LogP contribution is -2.28. The Bertz CT molecular complexity index is 448. The number of hydrogen-bond donors (Lipinski definition) is 2. The molecule has 1 atom stereocenters. The van der Waals surface area contributed by atoms with Gasteiger partial charge in [0.2, 0.25) is 0 Å². The maximum absolute atomic E-state index is 13.3.